The predicted molar refractivity (Wildman–Crippen MR) is 56.1 cm³/mol. The molecular weight excluding hydrogens is 176 g/mol. The lowest BCUT2D eigenvalue weighted by atomic mass is 9.69. The Balaban J connectivity index is 1.96. The van der Waals surface area contributed by atoms with E-state index < -0.39 is 0 Å². The number of rotatable bonds is 2. The van der Waals surface area contributed by atoms with Gasteiger partial charge in [-0.05, 0) is 18.3 Å². The standard InChI is InChI=1S/C12H22O2/c1-3-11(4-2)5-7-12(8-6-11)13-9-10-14-12/h3-10H2,1-2H3. The molecule has 0 bridgehead atoms. The summed E-state index contributed by atoms with van der Waals surface area (Å²) >= 11 is 0. The second-order valence-corrected chi connectivity index (χ2v) is 4.81. The van der Waals surface area contributed by atoms with E-state index in [2.05, 4.69) is 13.8 Å². The molecule has 2 aliphatic rings. The van der Waals surface area contributed by atoms with Gasteiger partial charge in [0.2, 0.25) is 0 Å². The van der Waals surface area contributed by atoms with E-state index in [4.69, 9.17) is 9.47 Å². The molecule has 1 aliphatic carbocycles. The molecule has 0 N–H and O–H groups in total. The number of hydrogen-bond acceptors (Lipinski definition) is 2. The van der Waals surface area contributed by atoms with Crippen LogP contribution in [0.1, 0.15) is 52.4 Å². The Labute approximate surface area is 87.0 Å². The second-order valence-electron chi connectivity index (χ2n) is 4.81. The van der Waals surface area contributed by atoms with Crippen molar-refractivity contribution in [3.8, 4) is 0 Å². The molecule has 1 aliphatic heterocycles. The van der Waals surface area contributed by atoms with Crippen molar-refractivity contribution in [2.24, 2.45) is 5.41 Å². The minimum Gasteiger partial charge on any atom is -0.348 e. The van der Waals surface area contributed by atoms with Crippen molar-refractivity contribution in [3.63, 3.8) is 0 Å². The van der Waals surface area contributed by atoms with E-state index in [1.165, 1.54) is 25.7 Å². The van der Waals surface area contributed by atoms with Crippen LogP contribution in [0, 0.1) is 5.41 Å². The lowest BCUT2D eigenvalue weighted by molar-refractivity contribution is -0.192. The van der Waals surface area contributed by atoms with Crippen molar-refractivity contribution in [2.75, 3.05) is 13.2 Å². The van der Waals surface area contributed by atoms with Crippen LogP contribution >= 0.6 is 0 Å². The van der Waals surface area contributed by atoms with E-state index in [0.29, 0.717) is 5.41 Å². The molecule has 82 valence electrons. The highest BCUT2D eigenvalue weighted by Crippen LogP contribution is 2.48. The van der Waals surface area contributed by atoms with Crippen molar-refractivity contribution in [1.82, 2.24) is 0 Å². The van der Waals surface area contributed by atoms with Crippen LogP contribution in [0.4, 0.5) is 0 Å². The van der Waals surface area contributed by atoms with Gasteiger partial charge in [0.15, 0.2) is 5.79 Å². The predicted octanol–water partition coefficient (Wildman–Crippen LogP) is 3.11. The van der Waals surface area contributed by atoms with Gasteiger partial charge < -0.3 is 9.47 Å². The average Bonchev–Trinajstić information content (AvgIpc) is 2.69. The maximum atomic E-state index is 5.74. The topological polar surface area (TPSA) is 18.5 Å². The van der Waals surface area contributed by atoms with Gasteiger partial charge in [-0.15, -0.1) is 0 Å². The van der Waals surface area contributed by atoms with Crippen LogP contribution in [0.5, 0.6) is 0 Å². The van der Waals surface area contributed by atoms with E-state index in [1.807, 2.05) is 0 Å². The Morgan fingerprint density at radius 2 is 1.36 bits per heavy atom. The third-order valence-corrected chi connectivity index (χ3v) is 4.39. The van der Waals surface area contributed by atoms with Gasteiger partial charge in [0.25, 0.3) is 0 Å². The van der Waals surface area contributed by atoms with Gasteiger partial charge in [0.1, 0.15) is 0 Å². The summed E-state index contributed by atoms with van der Waals surface area (Å²) in [4.78, 5) is 0. The summed E-state index contributed by atoms with van der Waals surface area (Å²) in [6.07, 6.45) is 7.38. The summed E-state index contributed by atoms with van der Waals surface area (Å²) in [7, 11) is 0. The molecule has 2 rings (SSSR count). The minimum atomic E-state index is -0.173. The first-order valence-corrected chi connectivity index (χ1v) is 6.02. The second kappa shape index (κ2) is 3.82. The van der Waals surface area contributed by atoms with Crippen LogP contribution in [0.3, 0.4) is 0 Å². The molecule has 14 heavy (non-hydrogen) atoms. The molecule has 1 saturated carbocycles. The maximum Gasteiger partial charge on any atom is 0.168 e. The van der Waals surface area contributed by atoms with Gasteiger partial charge in [-0.3, -0.25) is 0 Å². The first-order chi connectivity index (χ1) is 6.74. The van der Waals surface area contributed by atoms with Crippen LogP contribution in [0.2, 0.25) is 0 Å². The lowest BCUT2D eigenvalue weighted by Crippen LogP contribution is -2.39. The van der Waals surface area contributed by atoms with Gasteiger partial charge in [-0.25, -0.2) is 0 Å². The largest absolute Gasteiger partial charge is 0.348 e. The Kier molecular flexibility index (Phi) is 2.85. The van der Waals surface area contributed by atoms with Crippen molar-refractivity contribution in [2.45, 2.75) is 58.2 Å². The van der Waals surface area contributed by atoms with Crippen LogP contribution in [0.25, 0.3) is 0 Å². The quantitative estimate of drug-likeness (QED) is 0.678. The molecule has 0 atom stereocenters. The zero-order chi connectivity index (χ0) is 10.1. The summed E-state index contributed by atoms with van der Waals surface area (Å²) in [5, 5.41) is 0. The van der Waals surface area contributed by atoms with E-state index >= 15 is 0 Å². The third kappa shape index (κ3) is 1.70. The summed E-state index contributed by atoms with van der Waals surface area (Å²) in [6, 6.07) is 0. The summed E-state index contributed by atoms with van der Waals surface area (Å²) in [5.41, 5.74) is 0.584. The first kappa shape index (κ1) is 10.4. The minimum absolute atomic E-state index is 0.173. The Morgan fingerprint density at radius 1 is 0.857 bits per heavy atom. The summed E-state index contributed by atoms with van der Waals surface area (Å²) in [6.45, 7) is 6.23. The van der Waals surface area contributed by atoms with Gasteiger partial charge in [0.05, 0.1) is 13.2 Å². The fourth-order valence-electron chi connectivity index (χ4n) is 2.90. The zero-order valence-corrected chi connectivity index (χ0v) is 9.47. The first-order valence-electron chi connectivity index (χ1n) is 6.02. The van der Waals surface area contributed by atoms with Gasteiger partial charge in [-0.2, -0.15) is 0 Å². The van der Waals surface area contributed by atoms with E-state index in [0.717, 1.165) is 26.1 Å². The molecule has 2 fully saturated rings. The molecule has 0 aromatic rings. The molecule has 1 spiro atoms. The fraction of sp³-hybridized carbons (Fsp3) is 1.00. The van der Waals surface area contributed by atoms with Crippen molar-refractivity contribution >= 4 is 0 Å². The van der Waals surface area contributed by atoms with E-state index in [-0.39, 0.29) is 5.79 Å². The van der Waals surface area contributed by atoms with Crippen molar-refractivity contribution in [1.29, 1.82) is 0 Å². The normalized spacial score (nSPS) is 29.6. The number of ether oxygens (including phenoxy) is 2. The van der Waals surface area contributed by atoms with E-state index in [1.54, 1.807) is 0 Å². The van der Waals surface area contributed by atoms with E-state index in [9.17, 15) is 0 Å². The maximum absolute atomic E-state index is 5.74. The molecule has 2 nitrogen and oxygen atoms in total. The molecule has 2 heteroatoms. The Bertz CT molecular complexity index is 172. The summed E-state index contributed by atoms with van der Waals surface area (Å²) < 4.78 is 11.5. The smallest absolute Gasteiger partial charge is 0.168 e. The molecule has 1 saturated heterocycles. The lowest BCUT2D eigenvalue weighted by Gasteiger charge is -2.43. The monoisotopic (exact) mass is 198 g/mol. The third-order valence-electron chi connectivity index (χ3n) is 4.39. The SMILES string of the molecule is CCC1(CC)CCC2(CC1)OCCO2. The fourth-order valence-corrected chi connectivity index (χ4v) is 2.90. The Morgan fingerprint density at radius 3 is 1.79 bits per heavy atom. The molecule has 0 unspecified atom stereocenters. The molecule has 0 radical (unpaired) electrons. The van der Waals surface area contributed by atoms with Crippen molar-refractivity contribution < 1.29 is 9.47 Å². The molecule has 0 aromatic carbocycles. The van der Waals surface area contributed by atoms with Crippen LogP contribution in [-0.4, -0.2) is 19.0 Å². The summed E-state index contributed by atoms with van der Waals surface area (Å²) in [5.74, 6) is -0.173. The highest BCUT2D eigenvalue weighted by Gasteiger charge is 2.44. The molecule has 0 amide bonds. The van der Waals surface area contributed by atoms with Crippen LogP contribution in [-0.2, 0) is 9.47 Å². The highest BCUT2D eigenvalue weighted by molar-refractivity contribution is 4.89. The highest BCUT2D eigenvalue weighted by atomic mass is 16.7. The zero-order valence-electron chi connectivity index (χ0n) is 9.47. The van der Waals surface area contributed by atoms with Crippen LogP contribution < -0.4 is 0 Å². The molecular formula is C12H22O2. The number of hydrogen-bond donors (Lipinski definition) is 0. The van der Waals surface area contributed by atoms with Gasteiger partial charge >= 0.3 is 0 Å². The average molecular weight is 198 g/mol. The van der Waals surface area contributed by atoms with Gasteiger partial charge in [0, 0.05) is 12.8 Å². The van der Waals surface area contributed by atoms with Gasteiger partial charge in [-0.1, -0.05) is 26.7 Å². The Hall–Kier alpha value is -0.0800. The van der Waals surface area contributed by atoms with Crippen molar-refractivity contribution in [3.05, 3.63) is 0 Å². The molecule has 0 aromatic heterocycles. The molecule has 1 heterocycles. The van der Waals surface area contributed by atoms with Crippen LogP contribution in [0.15, 0.2) is 0 Å².